The van der Waals surface area contributed by atoms with Crippen molar-refractivity contribution in [3.63, 3.8) is 0 Å². The quantitative estimate of drug-likeness (QED) is 0.119. The molecule has 0 aliphatic rings. The fourth-order valence-electron chi connectivity index (χ4n) is 3.12. The Labute approximate surface area is 216 Å². The molecule has 158 valence electrons. The first-order valence-corrected chi connectivity index (χ1v) is 11.3. The van der Waals surface area contributed by atoms with Crippen molar-refractivity contribution >= 4 is 25.3 Å². The van der Waals surface area contributed by atoms with Crippen LogP contribution in [0.4, 0.5) is 0 Å². The minimum Gasteiger partial charge on any atom is -1.00 e. The van der Waals surface area contributed by atoms with Crippen molar-refractivity contribution in [2.24, 2.45) is 0 Å². The van der Waals surface area contributed by atoms with Gasteiger partial charge >= 0.3 is 0 Å². The average molecular weight is 644 g/mol. The van der Waals surface area contributed by atoms with E-state index in [1.807, 2.05) is 0 Å². The van der Waals surface area contributed by atoms with Crippen LogP contribution in [0, 0.1) is 0 Å². The summed E-state index contributed by atoms with van der Waals surface area (Å²) in [6.07, 6.45) is 19.0. The Morgan fingerprint density at radius 2 is 0.821 bits per heavy atom. The Morgan fingerprint density at radius 3 is 1.14 bits per heavy atom. The first-order chi connectivity index (χ1) is 12.8. The van der Waals surface area contributed by atoms with Gasteiger partial charge in [-0.05, 0) is 48.3 Å². The lowest BCUT2D eigenvalue weighted by atomic mass is 10.1. The standard InChI is InChI=1S/C22H32N2S2.2HI/c25-19-7-3-1-5-13-23-15-9-21(10-16-23)22-11-17-24(18-12-22)14-6-2-4-8-20-26;;/h9-12,15-18H,1-8,13-14,19-20H2;2*1H. The zero-order valence-corrected chi connectivity index (χ0v) is 22.8. The predicted molar refractivity (Wildman–Crippen MR) is 117 cm³/mol. The van der Waals surface area contributed by atoms with Gasteiger partial charge in [0.1, 0.15) is 13.1 Å². The number of thiol groups is 2. The Morgan fingerprint density at radius 1 is 0.500 bits per heavy atom. The van der Waals surface area contributed by atoms with E-state index in [4.69, 9.17) is 0 Å². The minimum absolute atomic E-state index is 0. The van der Waals surface area contributed by atoms with Gasteiger partial charge in [-0.2, -0.15) is 25.3 Å². The van der Waals surface area contributed by atoms with Gasteiger partial charge in [-0.15, -0.1) is 0 Å². The van der Waals surface area contributed by atoms with Crippen LogP contribution in [-0.2, 0) is 13.1 Å². The third kappa shape index (κ3) is 11.6. The summed E-state index contributed by atoms with van der Waals surface area (Å²) in [4.78, 5) is 0. The van der Waals surface area contributed by atoms with Crippen molar-refractivity contribution in [1.82, 2.24) is 0 Å². The molecule has 0 aromatic carbocycles. The molecule has 0 N–H and O–H groups in total. The molecule has 6 heteroatoms. The van der Waals surface area contributed by atoms with E-state index in [0.29, 0.717) is 0 Å². The number of halogens is 2. The second kappa shape index (κ2) is 18.2. The topological polar surface area (TPSA) is 7.76 Å². The number of hydrogen-bond donors (Lipinski definition) is 2. The number of unbranched alkanes of at least 4 members (excludes halogenated alkanes) is 6. The van der Waals surface area contributed by atoms with Crippen molar-refractivity contribution in [3.8, 4) is 11.1 Å². The fourth-order valence-corrected chi connectivity index (χ4v) is 3.56. The van der Waals surface area contributed by atoms with E-state index in [1.165, 1.54) is 62.5 Å². The van der Waals surface area contributed by atoms with Gasteiger partial charge in [0.25, 0.3) is 0 Å². The zero-order chi connectivity index (χ0) is 18.5. The molecule has 0 spiro atoms. The minimum atomic E-state index is 0. The molecule has 0 fully saturated rings. The molecule has 0 bridgehead atoms. The van der Waals surface area contributed by atoms with Gasteiger partial charge in [0.2, 0.25) is 0 Å². The van der Waals surface area contributed by atoms with Gasteiger partial charge in [-0.3, -0.25) is 0 Å². The monoisotopic (exact) mass is 644 g/mol. The highest BCUT2D eigenvalue weighted by Gasteiger charge is 2.06. The number of pyridine rings is 2. The summed E-state index contributed by atoms with van der Waals surface area (Å²) in [7, 11) is 0. The number of aryl methyl sites for hydroxylation is 2. The number of nitrogens with zero attached hydrogens (tertiary/aromatic N) is 2. The van der Waals surface area contributed by atoms with Crippen molar-refractivity contribution in [2.75, 3.05) is 11.5 Å². The van der Waals surface area contributed by atoms with Crippen molar-refractivity contribution in [2.45, 2.75) is 64.5 Å². The summed E-state index contributed by atoms with van der Waals surface area (Å²) in [5, 5.41) is 0. The molecule has 2 nitrogen and oxygen atoms in total. The second-order valence-corrected chi connectivity index (χ2v) is 7.82. The van der Waals surface area contributed by atoms with Crippen LogP contribution in [0.5, 0.6) is 0 Å². The summed E-state index contributed by atoms with van der Waals surface area (Å²) in [6, 6.07) is 8.91. The van der Waals surface area contributed by atoms with Crippen LogP contribution in [0.1, 0.15) is 51.4 Å². The molecule has 28 heavy (non-hydrogen) atoms. The van der Waals surface area contributed by atoms with Gasteiger partial charge < -0.3 is 48.0 Å². The second-order valence-electron chi connectivity index (χ2n) is 6.92. The third-order valence-corrected chi connectivity index (χ3v) is 5.40. The maximum atomic E-state index is 4.26. The normalized spacial score (nSPS) is 10.2. The van der Waals surface area contributed by atoms with E-state index in [1.54, 1.807) is 0 Å². The number of aromatic nitrogens is 2. The van der Waals surface area contributed by atoms with E-state index < -0.39 is 0 Å². The van der Waals surface area contributed by atoms with Crippen molar-refractivity contribution in [1.29, 1.82) is 0 Å². The number of rotatable bonds is 13. The molecule has 2 rings (SSSR count). The Kier molecular flexibility index (Phi) is 18.5. The highest BCUT2D eigenvalue weighted by Crippen LogP contribution is 2.15. The highest BCUT2D eigenvalue weighted by atomic mass is 127. The molecule has 0 unspecified atom stereocenters. The van der Waals surface area contributed by atoms with Gasteiger partial charge in [0.05, 0.1) is 0 Å². The van der Waals surface area contributed by atoms with E-state index >= 15 is 0 Å². The lowest BCUT2D eigenvalue weighted by Crippen LogP contribution is -3.00. The molecule has 0 atom stereocenters. The maximum absolute atomic E-state index is 4.26. The van der Waals surface area contributed by atoms with Crippen LogP contribution in [0.2, 0.25) is 0 Å². The van der Waals surface area contributed by atoms with Crippen molar-refractivity contribution in [3.05, 3.63) is 49.1 Å². The first kappa shape index (κ1) is 28.5. The van der Waals surface area contributed by atoms with Crippen LogP contribution < -0.4 is 57.1 Å². The van der Waals surface area contributed by atoms with E-state index in [2.05, 4.69) is 83.4 Å². The van der Waals surface area contributed by atoms with Gasteiger partial charge in [0.15, 0.2) is 24.8 Å². The van der Waals surface area contributed by atoms with Crippen molar-refractivity contribution < 1.29 is 57.1 Å². The molecule has 0 aliphatic heterocycles. The van der Waals surface area contributed by atoms with Gasteiger partial charge in [-0.1, -0.05) is 12.8 Å². The van der Waals surface area contributed by atoms with E-state index in [0.717, 1.165) is 24.6 Å². The van der Waals surface area contributed by atoms with Crippen LogP contribution in [0.25, 0.3) is 11.1 Å². The summed E-state index contributed by atoms with van der Waals surface area (Å²) >= 11 is 8.53. The Bertz CT molecular complexity index is 551. The molecule has 0 saturated carbocycles. The smallest absolute Gasteiger partial charge is 0.169 e. The molecule has 2 aromatic heterocycles. The molecule has 2 heterocycles. The third-order valence-electron chi connectivity index (χ3n) is 4.76. The summed E-state index contributed by atoms with van der Waals surface area (Å²) in [6.45, 7) is 2.21. The van der Waals surface area contributed by atoms with E-state index in [9.17, 15) is 0 Å². The highest BCUT2D eigenvalue weighted by molar-refractivity contribution is 7.80. The SMILES string of the molecule is SCCCCCC[n+]1ccc(-c2cc[n+](CCCCCCS)cc2)cc1.[I-].[I-]. The summed E-state index contributed by atoms with van der Waals surface area (Å²) in [5.41, 5.74) is 2.58. The molecule has 2 aromatic rings. The molecule has 0 amide bonds. The zero-order valence-electron chi connectivity index (χ0n) is 16.6. The average Bonchev–Trinajstić information content (AvgIpc) is 2.69. The Hall–Kier alpha value is 0.460. The first-order valence-electron chi connectivity index (χ1n) is 10.0. The largest absolute Gasteiger partial charge is 1.00 e. The lowest BCUT2D eigenvalue weighted by molar-refractivity contribution is -0.697. The Balaban J connectivity index is 0.00000364. The predicted octanol–water partition coefficient (Wildman–Crippen LogP) is -1.08. The fraction of sp³-hybridized carbons (Fsp3) is 0.545. The van der Waals surface area contributed by atoms with E-state index in [-0.39, 0.29) is 48.0 Å². The molecule has 0 radical (unpaired) electrons. The molecule has 0 aliphatic carbocycles. The summed E-state index contributed by atoms with van der Waals surface area (Å²) in [5.74, 6) is 2.02. The molecular weight excluding hydrogens is 610 g/mol. The van der Waals surface area contributed by atoms with Crippen LogP contribution >= 0.6 is 25.3 Å². The summed E-state index contributed by atoms with van der Waals surface area (Å²) < 4.78 is 4.58. The molecular formula is C22H34I2N2S2. The van der Waals surface area contributed by atoms with Crippen LogP contribution in [0.3, 0.4) is 0 Å². The molecule has 0 saturated heterocycles. The lowest BCUT2D eigenvalue weighted by Gasteiger charge is -2.02. The van der Waals surface area contributed by atoms with Crippen LogP contribution in [0.15, 0.2) is 49.1 Å². The van der Waals surface area contributed by atoms with Gasteiger partial charge in [-0.25, -0.2) is 9.13 Å². The maximum Gasteiger partial charge on any atom is 0.169 e. The van der Waals surface area contributed by atoms with Gasteiger partial charge in [0, 0.05) is 37.1 Å². The number of hydrogen-bond acceptors (Lipinski definition) is 2. The van der Waals surface area contributed by atoms with Crippen LogP contribution in [-0.4, -0.2) is 11.5 Å².